The Balaban J connectivity index is 1.78. The summed E-state index contributed by atoms with van der Waals surface area (Å²) in [6.45, 7) is 2.25. The van der Waals surface area contributed by atoms with Crippen molar-refractivity contribution in [3.05, 3.63) is 95.6 Å². The van der Waals surface area contributed by atoms with Crippen LogP contribution in [0.25, 0.3) is 0 Å². The van der Waals surface area contributed by atoms with Gasteiger partial charge in [0.05, 0.1) is 12.2 Å². The molecule has 1 heterocycles. The monoisotopic (exact) mass is 362 g/mol. The van der Waals surface area contributed by atoms with E-state index in [1.54, 1.807) is 30.5 Å². The van der Waals surface area contributed by atoms with E-state index in [9.17, 15) is 9.18 Å². The largest absolute Gasteiger partial charge is 0.326 e. The van der Waals surface area contributed by atoms with Gasteiger partial charge in [-0.15, -0.1) is 0 Å². The summed E-state index contributed by atoms with van der Waals surface area (Å²) in [7, 11) is 0. The third-order valence-electron chi connectivity index (χ3n) is 3.78. The second kappa shape index (κ2) is 8.71. The van der Waals surface area contributed by atoms with Gasteiger partial charge in [0.2, 0.25) is 5.96 Å². The second-order valence-electron chi connectivity index (χ2n) is 5.94. The Morgan fingerprint density at radius 1 is 1.04 bits per heavy atom. The van der Waals surface area contributed by atoms with E-state index < -0.39 is 0 Å². The van der Waals surface area contributed by atoms with Crippen LogP contribution in [0.5, 0.6) is 0 Å². The van der Waals surface area contributed by atoms with Gasteiger partial charge in [0, 0.05) is 17.4 Å². The molecule has 2 N–H and O–H groups in total. The van der Waals surface area contributed by atoms with Gasteiger partial charge in [-0.05, 0) is 55.5 Å². The molecule has 3 rings (SSSR count). The van der Waals surface area contributed by atoms with Gasteiger partial charge in [0.15, 0.2) is 0 Å². The smallest absolute Gasteiger partial charge is 0.257 e. The summed E-state index contributed by atoms with van der Waals surface area (Å²) in [5.74, 6) is -0.363. The Kier molecular flexibility index (Phi) is 5.89. The molecule has 1 aromatic heterocycles. The number of pyridine rings is 1. The van der Waals surface area contributed by atoms with Gasteiger partial charge in [0.1, 0.15) is 5.82 Å². The number of nitrogens with zero attached hydrogens (tertiary/aromatic N) is 2. The number of amides is 1. The quantitative estimate of drug-likeness (QED) is 0.546. The predicted molar refractivity (Wildman–Crippen MR) is 104 cm³/mol. The lowest BCUT2D eigenvalue weighted by atomic mass is 10.1. The highest BCUT2D eigenvalue weighted by Gasteiger charge is 2.09. The average molecular weight is 362 g/mol. The number of hydrogen-bond acceptors (Lipinski definition) is 3. The molecule has 0 atom stereocenters. The fourth-order valence-corrected chi connectivity index (χ4v) is 2.32. The molecule has 3 aromatic rings. The topological polar surface area (TPSA) is 66.4 Å². The predicted octanol–water partition coefficient (Wildman–Crippen LogP) is 3.93. The lowest BCUT2D eigenvalue weighted by molar-refractivity contribution is 0.0977. The van der Waals surface area contributed by atoms with E-state index in [1.165, 1.54) is 12.1 Å². The molecule has 0 bridgehead atoms. The number of benzene rings is 2. The minimum absolute atomic E-state index is 0.262. The third-order valence-corrected chi connectivity index (χ3v) is 3.78. The van der Waals surface area contributed by atoms with Crippen molar-refractivity contribution in [2.24, 2.45) is 4.99 Å². The van der Waals surface area contributed by atoms with Crippen molar-refractivity contribution in [1.29, 1.82) is 0 Å². The third kappa shape index (κ3) is 5.47. The van der Waals surface area contributed by atoms with Crippen LogP contribution < -0.4 is 10.6 Å². The van der Waals surface area contributed by atoms with E-state index in [4.69, 9.17) is 0 Å². The highest BCUT2D eigenvalue weighted by atomic mass is 19.1. The molecule has 2 aromatic carbocycles. The van der Waals surface area contributed by atoms with Gasteiger partial charge in [-0.2, -0.15) is 0 Å². The van der Waals surface area contributed by atoms with Crippen LogP contribution in [0.4, 0.5) is 10.1 Å². The van der Waals surface area contributed by atoms with Crippen molar-refractivity contribution >= 4 is 17.6 Å². The van der Waals surface area contributed by atoms with Gasteiger partial charge < -0.3 is 5.32 Å². The maximum absolute atomic E-state index is 13.1. The lowest BCUT2D eigenvalue weighted by Gasteiger charge is -2.12. The molecule has 0 spiro atoms. The minimum atomic E-state index is -0.337. The number of anilines is 1. The molecule has 5 nitrogen and oxygen atoms in total. The number of nitrogens with one attached hydrogen (secondary N) is 2. The molecule has 27 heavy (non-hydrogen) atoms. The number of carbonyl (C=O) groups excluding carboxylic acids is 1. The first kappa shape index (κ1) is 18.3. The number of aliphatic imine (C=N–C) groups is 1. The minimum Gasteiger partial charge on any atom is -0.326 e. The zero-order chi connectivity index (χ0) is 19.1. The Morgan fingerprint density at radius 2 is 1.78 bits per heavy atom. The Labute approximate surface area is 157 Å². The summed E-state index contributed by atoms with van der Waals surface area (Å²) in [5.41, 5.74) is 2.97. The number of aromatic nitrogens is 1. The van der Waals surface area contributed by atoms with Gasteiger partial charge in [0.25, 0.3) is 5.91 Å². The van der Waals surface area contributed by atoms with Crippen molar-refractivity contribution in [3.8, 4) is 0 Å². The Hall–Kier alpha value is -3.54. The summed E-state index contributed by atoms with van der Waals surface area (Å²) < 4.78 is 13.1. The van der Waals surface area contributed by atoms with E-state index in [0.29, 0.717) is 17.8 Å². The molecule has 136 valence electrons. The van der Waals surface area contributed by atoms with E-state index in [0.717, 1.165) is 11.3 Å². The standard InChI is InChI=1S/C21H19FN4O/c1-15-5-7-16(8-6-15)20(27)26-21(24-14-19-4-2-3-13-23-19)25-18-11-9-17(22)10-12-18/h2-13H,14H2,1H3,(H2,24,25,26,27). The van der Waals surface area contributed by atoms with Crippen molar-refractivity contribution in [1.82, 2.24) is 10.3 Å². The van der Waals surface area contributed by atoms with Crippen LogP contribution in [0.3, 0.4) is 0 Å². The summed E-state index contributed by atoms with van der Waals surface area (Å²) in [6.07, 6.45) is 1.68. The molecule has 6 heteroatoms. The normalized spacial score (nSPS) is 11.1. The van der Waals surface area contributed by atoms with Crippen molar-refractivity contribution in [2.45, 2.75) is 13.5 Å². The maximum Gasteiger partial charge on any atom is 0.257 e. The Morgan fingerprint density at radius 3 is 2.44 bits per heavy atom. The van der Waals surface area contributed by atoms with Crippen LogP contribution in [0.1, 0.15) is 21.6 Å². The summed E-state index contributed by atoms with van der Waals surface area (Å²) in [5, 5.41) is 5.78. The van der Waals surface area contributed by atoms with Crippen LogP contribution in [-0.2, 0) is 6.54 Å². The fraction of sp³-hybridized carbons (Fsp3) is 0.0952. The molecule has 1 amide bonds. The number of carbonyl (C=O) groups is 1. The van der Waals surface area contributed by atoms with E-state index in [1.807, 2.05) is 37.3 Å². The zero-order valence-corrected chi connectivity index (χ0v) is 14.8. The van der Waals surface area contributed by atoms with Crippen LogP contribution in [0, 0.1) is 12.7 Å². The first-order chi connectivity index (χ1) is 13.1. The van der Waals surface area contributed by atoms with Crippen molar-refractivity contribution in [3.63, 3.8) is 0 Å². The fourth-order valence-electron chi connectivity index (χ4n) is 2.32. The van der Waals surface area contributed by atoms with Crippen LogP contribution in [0.15, 0.2) is 77.9 Å². The number of guanidine groups is 1. The van der Waals surface area contributed by atoms with Crippen LogP contribution in [-0.4, -0.2) is 16.9 Å². The van der Waals surface area contributed by atoms with Gasteiger partial charge >= 0.3 is 0 Å². The summed E-state index contributed by atoms with van der Waals surface area (Å²) >= 11 is 0. The molecule has 0 saturated heterocycles. The Bertz CT molecular complexity index is 923. The van der Waals surface area contributed by atoms with Crippen LogP contribution >= 0.6 is 0 Å². The molecule has 0 saturated carbocycles. The molecular weight excluding hydrogens is 343 g/mol. The lowest BCUT2D eigenvalue weighted by Crippen LogP contribution is -2.36. The van der Waals surface area contributed by atoms with Gasteiger partial charge in [-0.3, -0.25) is 15.1 Å². The molecule has 0 aliphatic heterocycles. The molecule has 0 radical (unpaired) electrons. The zero-order valence-electron chi connectivity index (χ0n) is 14.8. The van der Waals surface area contributed by atoms with E-state index in [-0.39, 0.29) is 17.7 Å². The van der Waals surface area contributed by atoms with Crippen molar-refractivity contribution < 1.29 is 9.18 Å². The maximum atomic E-state index is 13.1. The molecule has 0 aliphatic rings. The number of halogens is 1. The highest BCUT2D eigenvalue weighted by molar-refractivity contribution is 6.09. The van der Waals surface area contributed by atoms with Gasteiger partial charge in [-0.1, -0.05) is 23.8 Å². The summed E-state index contributed by atoms with van der Waals surface area (Å²) in [6, 6.07) is 18.6. The summed E-state index contributed by atoms with van der Waals surface area (Å²) in [4.78, 5) is 21.1. The molecule has 0 unspecified atom stereocenters. The van der Waals surface area contributed by atoms with E-state index in [2.05, 4.69) is 20.6 Å². The number of rotatable bonds is 4. The second-order valence-corrected chi connectivity index (χ2v) is 5.94. The first-order valence-corrected chi connectivity index (χ1v) is 8.45. The number of aryl methyl sites for hydroxylation is 1. The van der Waals surface area contributed by atoms with Crippen molar-refractivity contribution in [2.75, 3.05) is 5.32 Å². The molecule has 0 fully saturated rings. The number of hydrogen-bond donors (Lipinski definition) is 2. The van der Waals surface area contributed by atoms with Crippen LogP contribution in [0.2, 0.25) is 0 Å². The SMILES string of the molecule is Cc1ccc(C(=O)NC(=NCc2ccccn2)Nc2ccc(F)cc2)cc1. The highest BCUT2D eigenvalue weighted by Crippen LogP contribution is 2.09. The average Bonchev–Trinajstić information content (AvgIpc) is 2.69. The van der Waals surface area contributed by atoms with E-state index >= 15 is 0 Å². The molecular formula is C21H19FN4O. The molecule has 0 aliphatic carbocycles. The van der Waals surface area contributed by atoms with Gasteiger partial charge in [-0.25, -0.2) is 9.38 Å². The first-order valence-electron chi connectivity index (χ1n) is 8.45.